The van der Waals surface area contributed by atoms with Crippen molar-refractivity contribution in [1.82, 2.24) is 0 Å². The monoisotopic (exact) mass is 205 g/mol. The van der Waals surface area contributed by atoms with Gasteiger partial charge in [0.15, 0.2) is 0 Å². The summed E-state index contributed by atoms with van der Waals surface area (Å²) in [7, 11) is 0. The smallest absolute Gasteiger partial charge is 0.0963 e. The molecule has 2 N–H and O–H groups in total. The molecular weight excluding hydrogens is 188 g/mol. The molecule has 3 heteroatoms. The summed E-state index contributed by atoms with van der Waals surface area (Å²) in [4.78, 5) is 2.27. The summed E-state index contributed by atoms with van der Waals surface area (Å²) in [5.41, 5.74) is 7.90. The predicted octanol–water partition coefficient (Wildman–Crippen LogP) is 1.54. The summed E-state index contributed by atoms with van der Waals surface area (Å²) >= 11 is 0. The molecule has 1 aliphatic rings. The van der Waals surface area contributed by atoms with Crippen LogP contribution in [-0.4, -0.2) is 19.2 Å². The van der Waals surface area contributed by atoms with Crippen LogP contribution >= 0.6 is 0 Å². The minimum Gasteiger partial charge on any atom is -0.371 e. The first-order valence-electron chi connectivity index (χ1n) is 5.49. The second kappa shape index (κ2) is 4.64. The molecule has 1 aromatic carbocycles. The molecule has 1 aliphatic heterocycles. The second-order valence-electron chi connectivity index (χ2n) is 4.06. The van der Waals surface area contributed by atoms with Gasteiger partial charge in [-0.2, -0.15) is 0 Å². The van der Waals surface area contributed by atoms with Crippen LogP contribution in [0.1, 0.15) is 18.4 Å². The van der Waals surface area contributed by atoms with Crippen LogP contribution in [0.5, 0.6) is 0 Å². The minimum absolute atomic E-state index is 0.357. The lowest BCUT2D eigenvalue weighted by Crippen LogP contribution is -2.35. The third-order valence-electron chi connectivity index (χ3n) is 2.98. The van der Waals surface area contributed by atoms with Gasteiger partial charge in [0.05, 0.1) is 6.10 Å². The van der Waals surface area contributed by atoms with E-state index in [2.05, 4.69) is 29.2 Å². The number of anilines is 1. The molecule has 0 amide bonds. The van der Waals surface area contributed by atoms with Crippen molar-refractivity contribution in [2.24, 2.45) is 5.73 Å². The maximum atomic E-state index is 11.2. The Bertz CT molecular complexity index is 302. The molecule has 0 spiro atoms. The van der Waals surface area contributed by atoms with Crippen molar-refractivity contribution in [1.29, 1.82) is 0 Å². The van der Waals surface area contributed by atoms with Crippen LogP contribution in [0.2, 0.25) is 0 Å². The molecule has 1 fully saturated rings. The van der Waals surface area contributed by atoms with Gasteiger partial charge in [-0.1, -0.05) is 12.1 Å². The van der Waals surface area contributed by atoms with E-state index in [9.17, 15) is 5.11 Å². The highest BCUT2D eigenvalue weighted by Crippen LogP contribution is 2.20. The van der Waals surface area contributed by atoms with Crippen LogP contribution in [0, 0.1) is 0 Å². The van der Waals surface area contributed by atoms with E-state index in [1.807, 2.05) is 0 Å². The van der Waals surface area contributed by atoms with Gasteiger partial charge in [0, 0.05) is 25.3 Å². The zero-order chi connectivity index (χ0) is 10.7. The Morgan fingerprint density at radius 3 is 2.33 bits per heavy atom. The third kappa shape index (κ3) is 2.49. The Hall–Kier alpha value is -1.06. The van der Waals surface area contributed by atoms with Crippen LogP contribution in [-0.2, 0) is 11.7 Å². The molecule has 1 aromatic rings. The van der Waals surface area contributed by atoms with E-state index in [0.29, 0.717) is 6.54 Å². The average molecular weight is 205 g/mol. The molecule has 0 atom stereocenters. The number of benzene rings is 1. The first-order valence-corrected chi connectivity index (χ1v) is 5.49. The molecule has 2 rings (SSSR count). The van der Waals surface area contributed by atoms with Crippen molar-refractivity contribution < 1.29 is 5.11 Å². The molecule has 1 heterocycles. The highest BCUT2D eigenvalue weighted by molar-refractivity contribution is 5.47. The molecule has 1 saturated heterocycles. The standard InChI is InChI=1S/C12H17N2O/c13-9-10-1-3-11(4-2-10)14-7-5-12(15)6-8-14/h1-4,12H,5-9,13H2. The van der Waals surface area contributed by atoms with E-state index < -0.39 is 0 Å². The number of rotatable bonds is 2. The third-order valence-corrected chi connectivity index (χ3v) is 2.98. The Kier molecular flexibility index (Phi) is 3.23. The Labute approximate surface area is 90.5 Å². The van der Waals surface area contributed by atoms with Crippen molar-refractivity contribution in [3.8, 4) is 0 Å². The fourth-order valence-electron chi connectivity index (χ4n) is 1.96. The maximum absolute atomic E-state index is 11.2. The maximum Gasteiger partial charge on any atom is 0.0963 e. The topological polar surface area (TPSA) is 49.2 Å². The van der Waals surface area contributed by atoms with Crippen molar-refractivity contribution in [2.45, 2.75) is 25.5 Å². The minimum atomic E-state index is -0.357. The van der Waals surface area contributed by atoms with Crippen molar-refractivity contribution in [3.63, 3.8) is 0 Å². The SMILES string of the molecule is NCc1ccc(N2CCC([O])CC2)cc1. The van der Waals surface area contributed by atoms with E-state index in [-0.39, 0.29) is 6.10 Å². The van der Waals surface area contributed by atoms with Gasteiger partial charge in [-0.3, -0.25) is 0 Å². The Balaban J connectivity index is 2.03. The molecular formula is C12H17N2O. The number of nitrogens with two attached hydrogens (primary N) is 1. The van der Waals surface area contributed by atoms with Gasteiger partial charge < -0.3 is 10.6 Å². The number of hydrogen-bond acceptors (Lipinski definition) is 2. The summed E-state index contributed by atoms with van der Waals surface area (Å²) in [6, 6.07) is 8.29. The largest absolute Gasteiger partial charge is 0.371 e. The van der Waals surface area contributed by atoms with E-state index in [1.54, 1.807) is 0 Å². The number of hydrogen-bond donors (Lipinski definition) is 1. The molecule has 0 saturated carbocycles. The summed E-state index contributed by atoms with van der Waals surface area (Å²) in [6.45, 7) is 2.36. The van der Waals surface area contributed by atoms with Gasteiger partial charge in [-0.25, -0.2) is 5.11 Å². The fourth-order valence-corrected chi connectivity index (χ4v) is 1.96. The van der Waals surface area contributed by atoms with Gasteiger partial charge in [-0.05, 0) is 30.5 Å². The number of nitrogens with zero attached hydrogens (tertiary/aromatic N) is 1. The molecule has 0 unspecified atom stereocenters. The zero-order valence-corrected chi connectivity index (χ0v) is 8.86. The van der Waals surface area contributed by atoms with Crippen LogP contribution in [0.4, 0.5) is 5.69 Å². The number of piperidine rings is 1. The summed E-state index contributed by atoms with van der Waals surface area (Å²) < 4.78 is 0. The highest BCUT2D eigenvalue weighted by Gasteiger charge is 2.17. The lowest BCUT2D eigenvalue weighted by atomic mass is 10.1. The molecule has 0 aliphatic carbocycles. The van der Waals surface area contributed by atoms with Crippen LogP contribution in [0.3, 0.4) is 0 Å². The normalized spacial score (nSPS) is 18.1. The summed E-state index contributed by atoms with van der Waals surface area (Å²) in [5, 5.41) is 11.2. The van der Waals surface area contributed by atoms with E-state index in [4.69, 9.17) is 5.73 Å². The van der Waals surface area contributed by atoms with Gasteiger partial charge in [0.25, 0.3) is 0 Å². The first kappa shape index (κ1) is 10.5. The van der Waals surface area contributed by atoms with Gasteiger partial charge in [0.2, 0.25) is 0 Å². The second-order valence-corrected chi connectivity index (χ2v) is 4.06. The van der Waals surface area contributed by atoms with Gasteiger partial charge in [0.1, 0.15) is 0 Å². The van der Waals surface area contributed by atoms with Gasteiger partial charge >= 0.3 is 0 Å². The van der Waals surface area contributed by atoms with Gasteiger partial charge in [-0.15, -0.1) is 0 Å². The molecule has 3 nitrogen and oxygen atoms in total. The van der Waals surface area contributed by atoms with E-state index in [0.717, 1.165) is 31.5 Å². The lowest BCUT2D eigenvalue weighted by Gasteiger charge is -2.30. The van der Waals surface area contributed by atoms with Crippen molar-refractivity contribution >= 4 is 5.69 Å². The van der Waals surface area contributed by atoms with Crippen LogP contribution in [0.15, 0.2) is 24.3 Å². The predicted molar refractivity (Wildman–Crippen MR) is 60.3 cm³/mol. The van der Waals surface area contributed by atoms with Crippen molar-refractivity contribution in [2.75, 3.05) is 18.0 Å². The lowest BCUT2D eigenvalue weighted by molar-refractivity contribution is 0.0676. The first-order chi connectivity index (χ1) is 7.29. The van der Waals surface area contributed by atoms with Crippen LogP contribution in [0.25, 0.3) is 0 Å². The van der Waals surface area contributed by atoms with Crippen molar-refractivity contribution in [3.05, 3.63) is 29.8 Å². The molecule has 0 bridgehead atoms. The molecule has 1 radical (unpaired) electrons. The molecule has 0 aromatic heterocycles. The van der Waals surface area contributed by atoms with E-state index >= 15 is 0 Å². The Morgan fingerprint density at radius 2 is 1.80 bits per heavy atom. The fraction of sp³-hybridized carbons (Fsp3) is 0.500. The summed E-state index contributed by atoms with van der Waals surface area (Å²) in [5.74, 6) is 0. The van der Waals surface area contributed by atoms with Crippen LogP contribution < -0.4 is 10.6 Å². The quantitative estimate of drug-likeness (QED) is 0.796. The zero-order valence-electron chi connectivity index (χ0n) is 8.86. The Morgan fingerprint density at radius 1 is 1.20 bits per heavy atom. The van der Waals surface area contributed by atoms with E-state index in [1.165, 1.54) is 5.69 Å². The average Bonchev–Trinajstić information content (AvgIpc) is 2.30. The highest BCUT2D eigenvalue weighted by atomic mass is 16.3. The molecule has 15 heavy (non-hydrogen) atoms. The molecule has 81 valence electrons. The summed E-state index contributed by atoms with van der Waals surface area (Å²) in [6.07, 6.45) is 1.17.